The van der Waals surface area contributed by atoms with Crippen molar-refractivity contribution in [2.75, 3.05) is 31.1 Å². The van der Waals surface area contributed by atoms with Crippen molar-refractivity contribution in [3.05, 3.63) is 57.6 Å². The van der Waals surface area contributed by atoms with E-state index in [1.807, 2.05) is 6.07 Å². The van der Waals surface area contributed by atoms with E-state index in [9.17, 15) is 13.6 Å². The highest BCUT2D eigenvalue weighted by atomic mass is 19.3. The van der Waals surface area contributed by atoms with E-state index in [0.29, 0.717) is 17.6 Å². The zero-order valence-electron chi connectivity index (χ0n) is 16.8. The minimum absolute atomic E-state index is 0.0535. The average molecular weight is 426 g/mol. The summed E-state index contributed by atoms with van der Waals surface area (Å²) in [6, 6.07) is 8.92. The molecule has 0 spiro atoms. The Bertz CT molecular complexity index is 1180. The Kier molecular flexibility index (Phi) is 5.77. The summed E-state index contributed by atoms with van der Waals surface area (Å²) in [5, 5.41) is 8.89. The summed E-state index contributed by atoms with van der Waals surface area (Å²) in [7, 11) is 0. The van der Waals surface area contributed by atoms with E-state index in [0.717, 1.165) is 37.6 Å². The number of piperazine rings is 1. The van der Waals surface area contributed by atoms with Crippen molar-refractivity contribution in [2.24, 2.45) is 0 Å². The van der Waals surface area contributed by atoms with Crippen molar-refractivity contribution >= 4 is 16.9 Å². The zero-order chi connectivity index (χ0) is 22.0. The second kappa shape index (κ2) is 8.65. The highest BCUT2D eigenvalue weighted by Gasteiger charge is 2.20. The number of hydrogen-bond acceptors (Lipinski definition) is 7. The summed E-state index contributed by atoms with van der Waals surface area (Å²) >= 11 is 0. The predicted molar refractivity (Wildman–Crippen MR) is 110 cm³/mol. The highest BCUT2D eigenvalue weighted by Crippen LogP contribution is 2.27. The monoisotopic (exact) mass is 426 g/mol. The molecule has 4 rings (SSSR count). The van der Waals surface area contributed by atoms with Gasteiger partial charge in [0.25, 0.3) is 5.56 Å². The zero-order valence-corrected chi connectivity index (χ0v) is 16.8. The van der Waals surface area contributed by atoms with E-state index in [-0.39, 0.29) is 22.5 Å². The van der Waals surface area contributed by atoms with Gasteiger partial charge in [0.05, 0.1) is 11.1 Å². The molecule has 3 aromatic rings. The largest absolute Gasteiger partial charge is 0.432 e. The number of rotatable bonds is 5. The molecule has 1 fully saturated rings. The van der Waals surface area contributed by atoms with Crippen LogP contribution in [0, 0.1) is 18.3 Å². The molecule has 0 bridgehead atoms. The number of aromatic amines is 1. The molecule has 0 saturated carbocycles. The third-order valence-corrected chi connectivity index (χ3v) is 5.19. The Balaban J connectivity index is 1.50. The van der Waals surface area contributed by atoms with Crippen molar-refractivity contribution in [1.82, 2.24) is 19.9 Å². The van der Waals surface area contributed by atoms with E-state index >= 15 is 0 Å². The van der Waals surface area contributed by atoms with Gasteiger partial charge in [-0.2, -0.15) is 14.0 Å². The van der Waals surface area contributed by atoms with E-state index in [1.54, 1.807) is 24.4 Å². The van der Waals surface area contributed by atoms with E-state index in [2.05, 4.69) is 35.6 Å². The van der Waals surface area contributed by atoms with Crippen LogP contribution in [0.2, 0.25) is 0 Å². The Labute approximate surface area is 176 Å². The smallest absolute Gasteiger partial charge is 0.387 e. The Hall–Kier alpha value is -3.58. The summed E-state index contributed by atoms with van der Waals surface area (Å²) in [5.41, 5.74) is 1.66. The van der Waals surface area contributed by atoms with Crippen molar-refractivity contribution in [3.63, 3.8) is 0 Å². The molecule has 10 heteroatoms. The first-order chi connectivity index (χ1) is 14.9. The Morgan fingerprint density at radius 2 is 2.03 bits per heavy atom. The van der Waals surface area contributed by atoms with Crippen LogP contribution in [-0.2, 0) is 6.54 Å². The molecule has 2 aromatic heterocycles. The van der Waals surface area contributed by atoms with Crippen LogP contribution < -0.4 is 15.2 Å². The van der Waals surface area contributed by atoms with Crippen molar-refractivity contribution in [1.29, 1.82) is 5.26 Å². The summed E-state index contributed by atoms with van der Waals surface area (Å²) in [6.07, 6.45) is 1.55. The Morgan fingerprint density at radius 3 is 2.68 bits per heavy atom. The Morgan fingerprint density at radius 1 is 1.26 bits per heavy atom. The minimum Gasteiger partial charge on any atom is -0.432 e. The van der Waals surface area contributed by atoms with Crippen LogP contribution in [0.1, 0.15) is 16.8 Å². The molecule has 3 heterocycles. The molecule has 1 aliphatic rings. The number of nitrogens with zero attached hydrogens (tertiary/aromatic N) is 5. The molecule has 31 heavy (non-hydrogen) atoms. The molecule has 160 valence electrons. The summed E-state index contributed by atoms with van der Waals surface area (Å²) in [6.45, 7) is 2.01. The molecule has 0 atom stereocenters. The third kappa shape index (κ3) is 4.62. The molecule has 1 N–H and O–H groups in total. The number of H-pyrrole nitrogens is 1. The van der Waals surface area contributed by atoms with Crippen LogP contribution >= 0.6 is 0 Å². The number of anilines is 1. The lowest BCUT2D eigenvalue weighted by molar-refractivity contribution is -0.0489. The van der Waals surface area contributed by atoms with Gasteiger partial charge in [-0.05, 0) is 36.8 Å². The maximum Gasteiger partial charge on any atom is 0.387 e. The quantitative estimate of drug-likeness (QED) is 0.669. The van der Waals surface area contributed by atoms with Gasteiger partial charge < -0.3 is 14.6 Å². The van der Waals surface area contributed by atoms with Gasteiger partial charge in [-0.1, -0.05) is 0 Å². The lowest BCUT2D eigenvalue weighted by atomic mass is 10.1. The van der Waals surface area contributed by atoms with Gasteiger partial charge in [0, 0.05) is 38.9 Å². The molecule has 1 aromatic carbocycles. The molecular weight excluding hydrogens is 406 g/mol. The van der Waals surface area contributed by atoms with E-state index < -0.39 is 6.61 Å². The third-order valence-electron chi connectivity index (χ3n) is 5.19. The standard InChI is InChI=1S/C21H20F2N6O2/c1-13-20(30)27-16-8-15(9-17(19(16)26-13)31-21(22)23)12-28-4-6-29(7-5-28)18-3-2-14(10-24)11-25-18/h2-3,8-9,11,21H,4-7,12H2,1H3,(H,27,30). The second-order valence-electron chi connectivity index (χ2n) is 7.30. The normalized spacial score (nSPS) is 14.7. The number of aryl methyl sites for hydroxylation is 1. The lowest BCUT2D eigenvalue weighted by Gasteiger charge is -2.35. The van der Waals surface area contributed by atoms with Gasteiger partial charge in [0.2, 0.25) is 0 Å². The minimum atomic E-state index is -2.99. The van der Waals surface area contributed by atoms with Gasteiger partial charge >= 0.3 is 6.61 Å². The van der Waals surface area contributed by atoms with Crippen molar-refractivity contribution in [2.45, 2.75) is 20.1 Å². The lowest BCUT2D eigenvalue weighted by Crippen LogP contribution is -2.46. The van der Waals surface area contributed by atoms with Crippen molar-refractivity contribution in [3.8, 4) is 11.8 Å². The molecule has 0 amide bonds. The summed E-state index contributed by atoms with van der Waals surface area (Å²) < 4.78 is 30.5. The fourth-order valence-corrected chi connectivity index (χ4v) is 3.62. The number of fused-ring (bicyclic) bond motifs is 1. The van der Waals surface area contributed by atoms with E-state index in [4.69, 9.17) is 5.26 Å². The number of hydrogen-bond donors (Lipinski definition) is 1. The maximum atomic E-state index is 12.9. The maximum absolute atomic E-state index is 12.9. The number of nitrogens with one attached hydrogen (secondary N) is 1. The fraction of sp³-hybridized carbons (Fsp3) is 0.333. The van der Waals surface area contributed by atoms with Gasteiger partial charge in [-0.15, -0.1) is 0 Å². The molecule has 1 saturated heterocycles. The number of aromatic nitrogens is 3. The molecular formula is C21H20F2N6O2. The highest BCUT2D eigenvalue weighted by molar-refractivity contribution is 5.81. The van der Waals surface area contributed by atoms with Gasteiger partial charge in [-0.25, -0.2) is 9.97 Å². The molecule has 0 radical (unpaired) electrons. The first-order valence-electron chi connectivity index (χ1n) is 9.75. The van der Waals surface area contributed by atoms with Gasteiger partial charge in [-0.3, -0.25) is 9.69 Å². The van der Waals surface area contributed by atoms with Crippen molar-refractivity contribution < 1.29 is 13.5 Å². The number of ether oxygens (including phenoxy) is 1. The predicted octanol–water partition coefficient (Wildman–Crippen LogP) is 2.42. The second-order valence-corrected chi connectivity index (χ2v) is 7.30. The summed E-state index contributed by atoms with van der Waals surface area (Å²) in [5.74, 6) is 0.762. The van der Waals surface area contributed by atoms with Crippen LogP contribution in [0.5, 0.6) is 5.75 Å². The first kappa shape index (κ1) is 20.7. The van der Waals surface area contributed by atoms with Gasteiger partial charge in [0.15, 0.2) is 5.75 Å². The average Bonchev–Trinajstić information content (AvgIpc) is 2.75. The molecule has 0 aliphatic carbocycles. The number of nitriles is 1. The van der Waals surface area contributed by atoms with Gasteiger partial charge in [0.1, 0.15) is 23.1 Å². The SMILES string of the molecule is Cc1nc2c(OC(F)F)cc(CN3CCN(c4ccc(C#N)cn4)CC3)cc2[nH]c1=O. The first-order valence-corrected chi connectivity index (χ1v) is 9.75. The van der Waals surface area contributed by atoms with Crippen LogP contribution in [-0.4, -0.2) is 52.6 Å². The molecule has 1 aliphatic heterocycles. The fourth-order valence-electron chi connectivity index (χ4n) is 3.62. The van der Waals surface area contributed by atoms with Crippen LogP contribution in [0.25, 0.3) is 11.0 Å². The molecule has 0 unspecified atom stereocenters. The topological polar surface area (TPSA) is 98.1 Å². The summed E-state index contributed by atoms with van der Waals surface area (Å²) in [4.78, 5) is 27.4. The number of alkyl halides is 2. The number of pyridine rings is 1. The van der Waals surface area contributed by atoms with Crippen LogP contribution in [0.3, 0.4) is 0 Å². The van der Waals surface area contributed by atoms with Crippen LogP contribution in [0.4, 0.5) is 14.6 Å². The molecule has 8 nitrogen and oxygen atoms in total. The number of benzene rings is 1. The number of halogens is 2. The van der Waals surface area contributed by atoms with Crippen LogP contribution in [0.15, 0.2) is 35.3 Å². The van der Waals surface area contributed by atoms with E-state index in [1.165, 1.54) is 6.92 Å².